The monoisotopic (exact) mass is 424 g/mol. The fraction of sp³-hybridized carbons (Fsp3) is 0.100. The van der Waals surface area contributed by atoms with Gasteiger partial charge < -0.3 is 5.32 Å². The number of nitrogens with zero attached hydrogens (tertiary/aromatic N) is 5. The van der Waals surface area contributed by atoms with Crippen LogP contribution in [-0.4, -0.2) is 36.2 Å². The van der Waals surface area contributed by atoms with E-state index in [1.807, 2.05) is 65.1 Å². The van der Waals surface area contributed by atoms with Gasteiger partial charge in [-0.1, -0.05) is 35.5 Å². The summed E-state index contributed by atoms with van der Waals surface area (Å²) in [4.78, 5) is 16.8. The van der Waals surface area contributed by atoms with Crippen LogP contribution in [-0.2, 0) is 4.79 Å². The summed E-state index contributed by atoms with van der Waals surface area (Å²) in [6, 6.07) is 14.8. The maximum absolute atomic E-state index is 12.5. The largest absolute Gasteiger partial charge is 0.325 e. The van der Waals surface area contributed by atoms with Gasteiger partial charge in [-0.2, -0.15) is 0 Å². The van der Waals surface area contributed by atoms with Gasteiger partial charge in [0.1, 0.15) is 5.69 Å². The quantitative estimate of drug-likeness (QED) is 0.470. The molecule has 9 heteroatoms. The molecule has 0 bridgehead atoms. The molecule has 0 saturated heterocycles. The van der Waals surface area contributed by atoms with E-state index in [0.717, 1.165) is 5.56 Å². The molecule has 1 amide bonds. The van der Waals surface area contributed by atoms with Gasteiger partial charge in [0.15, 0.2) is 0 Å². The number of benzene rings is 1. The van der Waals surface area contributed by atoms with Crippen molar-refractivity contribution in [2.45, 2.75) is 12.1 Å². The van der Waals surface area contributed by atoms with Crippen molar-refractivity contribution in [3.8, 4) is 11.5 Å². The molecule has 4 rings (SSSR count). The van der Waals surface area contributed by atoms with Crippen LogP contribution in [0.15, 0.2) is 72.3 Å². The highest BCUT2D eigenvalue weighted by atomic mass is 35.5. The topological polar surface area (TPSA) is 77.6 Å². The van der Waals surface area contributed by atoms with Crippen molar-refractivity contribution in [1.82, 2.24) is 24.5 Å². The van der Waals surface area contributed by atoms with Gasteiger partial charge in [-0.3, -0.25) is 14.5 Å². The van der Waals surface area contributed by atoms with Gasteiger partial charge in [0, 0.05) is 29.3 Å². The fourth-order valence-electron chi connectivity index (χ4n) is 2.74. The van der Waals surface area contributed by atoms with Crippen LogP contribution in [0, 0.1) is 6.92 Å². The van der Waals surface area contributed by atoms with Crippen LogP contribution in [0.1, 0.15) is 5.56 Å². The lowest BCUT2D eigenvalue weighted by Crippen LogP contribution is -2.16. The van der Waals surface area contributed by atoms with Gasteiger partial charge >= 0.3 is 0 Å². The second-order valence-electron chi connectivity index (χ2n) is 6.15. The highest BCUT2D eigenvalue weighted by Gasteiger charge is 2.18. The average molecular weight is 425 g/mol. The maximum Gasteiger partial charge on any atom is 0.234 e. The highest BCUT2D eigenvalue weighted by molar-refractivity contribution is 7.99. The average Bonchev–Trinajstić information content (AvgIpc) is 3.40. The van der Waals surface area contributed by atoms with Gasteiger partial charge in [-0.25, -0.2) is 4.68 Å². The molecule has 0 spiro atoms. The van der Waals surface area contributed by atoms with E-state index in [1.54, 1.807) is 18.3 Å². The van der Waals surface area contributed by atoms with Crippen LogP contribution in [0.3, 0.4) is 0 Å². The first-order valence-corrected chi connectivity index (χ1v) is 10.2. The number of aromatic nitrogens is 5. The third-order valence-electron chi connectivity index (χ3n) is 4.20. The number of hydrogen-bond acceptors (Lipinski definition) is 5. The molecule has 4 aromatic rings. The van der Waals surface area contributed by atoms with Crippen LogP contribution in [0.25, 0.3) is 11.5 Å². The number of rotatable bonds is 6. The number of hydrogen-bond donors (Lipinski definition) is 1. The summed E-state index contributed by atoms with van der Waals surface area (Å²) in [5.41, 5.74) is 2.23. The number of anilines is 1. The van der Waals surface area contributed by atoms with E-state index >= 15 is 0 Å². The molecule has 0 aliphatic carbocycles. The molecule has 0 atom stereocenters. The maximum atomic E-state index is 12.5. The van der Waals surface area contributed by atoms with Crippen LogP contribution in [0.2, 0.25) is 5.02 Å². The Morgan fingerprint density at radius 1 is 1.10 bits per heavy atom. The van der Waals surface area contributed by atoms with Crippen LogP contribution >= 0.6 is 23.4 Å². The van der Waals surface area contributed by atoms with E-state index in [9.17, 15) is 4.79 Å². The molecule has 0 radical (unpaired) electrons. The molecule has 0 saturated carbocycles. The van der Waals surface area contributed by atoms with E-state index in [0.29, 0.717) is 27.4 Å². The Kier molecular flexibility index (Phi) is 5.64. The molecule has 1 N–H and O–H groups in total. The van der Waals surface area contributed by atoms with Gasteiger partial charge in [0.25, 0.3) is 0 Å². The predicted molar refractivity (Wildman–Crippen MR) is 114 cm³/mol. The summed E-state index contributed by atoms with van der Waals surface area (Å²) in [6.07, 6.45) is 5.47. The van der Waals surface area contributed by atoms with Crippen molar-refractivity contribution >= 4 is 35.0 Å². The minimum atomic E-state index is -0.151. The Morgan fingerprint density at radius 2 is 1.93 bits per heavy atom. The number of pyridine rings is 1. The van der Waals surface area contributed by atoms with Crippen LogP contribution < -0.4 is 5.32 Å². The second kappa shape index (κ2) is 8.50. The van der Waals surface area contributed by atoms with E-state index < -0.39 is 0 Å². The molecule has 0 fully saturated rings. The molecule has 146 valence electrons. The Labute approximate surface area is 176 Å². The Balaban J connectivity index is 1.55. The minimum Gasteiger partial charge on any atom is -0.325 e. The van der Waals surface area contributed by atoms with Crippen molar-refractivity contribution in [3.63, 3.8) is 0 Å². The molecule has 7 nitrogen and oxygen atoms in total. The fourth-order valence-corrected chi connectivity index (χ4v) is 3.64. The lowest BCUT2D eigenvalue weighted by atomic mass is 10.2. The molecular formula is C20H17ClN6OS. The first-order chi connectivity index (χ1) is 14.1. The Bertz CT molecular complexity index is 1130. The number of carbonyl (C=O) groups is 1. The van der Waals surface area contributed by atoms with Gasteiger partial charge in [0.2, 0.25) is 16.9 Å². The van der Waals surface area contributed by atoms with Crippen molar-refractivity contribution in [2.75, 3.05) is 11.1 Å². The summed E-state index contributed by atoms with van der Waals surface area (Å²) < 4.78 is 3.68. The molecular weight excluding hydrogens is 408 g/mol. The minimum absolute atomic E-state index is 0.151. The van der Waals surface area contributed by atoms with Gasteiger partial charge in [-0.15, -0.1) is 10.2 Å². The van der Waals surface area contributed by atoms with Crippen molar-refractivity contribution in [2.24, 2.45) is 0 Å². The van der Waals surface area contributed by atoms with Crippen molar-refractivity contribution < 1.29 is 4.79 Å². The highest BCUT2D eigenvalue weighted by Crippen LogP contribution is 2.25. The molecule has 0 aliphatic rings. The molecule has 3 aromatic heterocycles. The van der Waals surface area contributed by atoms with Crippen LogP contribution in [0.5, 0.6) is 0 Å². The van der Waals surface area contributed by atoms with Crippen molar-refractivity contribution in [1.29, 1.82) is 0 Å². The number of thioether (sulfide) groups is 1. The summed E-state index contributed by atoms with van der Waals surface area (Å²) in [5.74, 6) is 0.616. The predicted octanol–water partition coefficient (Wildman–Crippen LogP) is 4.15. The summed E-state index contributed by atoms with van der Waals surface area (Å²) in [6.45, 7) is 1.87. The van der Waals surface area contributed by atoms with E-state index in [1.165, 1.54) is 11.8 Å². The summed E-state index contributed by atoms with van der Waals surface area (Å²) in [5, 5.41) is 12.7. The van der Waals surface area contributed by atoms with Crippen molar-refractivity contribution in [3.05, 3.63) is 77.7 Å². The smallest absolute Gasteiger partial charge is 0.234 e. The lowest BCUT2D eigenvalue weighted by molar-refractivity contribution is -0.113. The third kappa shape index (κ3) is 4.18. The zero-order valence-electron chi connectivity index (χ0n) is 15.5. The lowest BCUT2D eigenvalue weighted by Gasteiger charge is -2.11. The Hall–Kier alpha value is -3.10. The molecule has 0 aliphatic heterocycles. The van der Waals surface area contributed by atoms with Gasteiger partial charge in [0.05, 0.1) is 5.75 Å². The number of nitrogens with one attached hydrogen (secondary N) is 1. The zero-order valence-corrected chi connectivity index (χ0v) is 17.1. The SMILES string of the molecule is Cc1c(Cl)cccc1NC(=O)CSc1nnc(-c2ccccn2)n1-n1cccc1. The third-order valence-corrected chi connectivity index (χ3v) is 5.53. The number of amides is 1. The summed E-state index contributed by atoms with van der Waals surface area (Å²) in [7, 11) is 0. The van der Waals surface area contributed by atoms with Gasteiger partial charge in [-0.05, 0) is 48.9 Å². The van der Waals surface area contributed by atoms with E-state index in [-0.39, 0.29) is 11.7 Å². The number of carbonyl (C=O) groups excluding carboxylic acids is 1. The first-order valence-electron chi connectivity index (χ1n) is 8.81. The standard InChI is InChI=1S/C20H17ClN6OS/c1-14-15(21)7-6-9-16(14)23-18(28)13-29-20-25-24-19(17-8-2-3-10-22-17)27(20)26-11-4-5-12-26/h2-12H,13H2,1H3,(H,23,28). The zero-order chi connectivity index (χ0) is 20.2. The molecule has 29 heavy (non-hydrogen) atoms. The second-order valence-corrected chi connectivity index (χ2v) is 7.49. The molecule has 0 unspecified atom stereocenters. The summed E-state index contributed by atoms with van der Waals surface area (Å²) >= 11 is 7.42. The molecule has 1 aromatic carbocycles. The van der Waals surface area contributed by atoms with E-state index in [4.69, 9.17) is 11.6 Å². The Morgan fingerprint density at radius 3 is 2.69 bits per heavy atom. The number of halogens is 1. The van der Waals surface area contributed by atoms with E-state index in [2.05, 4.69) is 20.5 Å². The van der Waals surface area contributed by atoms with Crippen LogP contribution in [0.4, 0.5) is 5.69 Å². The normalized spacial score (nSPS) is 10.8. The first kappa shape index (κ1) is 19.2. The molecule has 3 heterocycles.